The molecule has 1 aromatic carbocycles. The number of Topliss-reactive ketones (excluding diaryl/α,β-unsaturated/α-hetero) is 1. The third kappa shape index (κ3) is 3.91. The minimum absolute atomic E-state index is 0.0562. The van der Waals surface area contributed by atoms with Crippen LogP contribution >= 0.6 is 11.6 Å². The van der Waals surface area contributed by atoms with E-state index in [0.29, 0.717) is 18.5 Å². The number of hydrogen-bond donors (Lipinski definition) is 0. The summed E-state index contributed by atoms with van der Waals surface area (Å²) in [7, 11) is 3.81. The molecule has 0 aliphatic carbocycles. The van der Waals surface area contributed by atoms with Crippen molar-refractivity contribution in [3.05, 3.63) is 34.6 Å². The average molecular weight is 244 g/mol. The second-order valence-electron chi connectivity index (χ2n) is 3.98. The van der Waals surface area contributed by atoms with Crippen LogP contribution in [-0.4, -0.2) is 31.3 Å². The van der Waals surface area contributed by atoms with Crippen LogP contribution in [-0.2, 0) is 11.2 Å². The van der Waals surface area contributed by atoms with Gasteiger partial charge in [-0.3, -0.25) is 4.79 Å². The smallest absolute Gasteiger partial charge is 0.142 e. The Balaban J connectivity index is 2.59. The second-order valence-corrected chi connectivity index (χ2v) is 4.36. The van der Waals surface area contributed by atoms with Gasteiger partial charge in [0.2, 0.25) is 0 Å². The Kier molecular flexibility index (Phi) is 4.90. The van der Waals surface area contributed by atoms with Crippen LogP contribution in [0.1, 0.15) is 12.0 Å². The van der Waals surface area contributed by atoms with E-state index < -0.39 is 5.82 Å². The molecule has 0 radical (unpaired) electrons. The molecule has 0 heterocycles. The fraction of sp³-hybridized carbons (Fsp3) is 0.417. The van der Waals surface area contributed by atoms with E-state index >= 15 is 0 Å². The molecule has 0 unspecified atom stereocenters. The predicted octanol–water partition coefficient (Wildman–Crippen LogP) is 2.54. The molecule has 88 valence electrons. The Hall–Kier alpha value is -0.930. The molecule has 0 saturated carbocycles. The third-order valence-electron chi connectivity index (χ3n) is 2.26. The summed E-state index contributed by atoms with van der Waals surface area (Å²) in [6.45, 7) is 0.700. The molecule has 4 heteroatoms. The van der Waals surface area contributed by atoms with Gasteiger partial charge in [0.15, 0.2) is 0 Å². The minimum Gasteiger partial charge on any atom is -0.309 e. The Bertz CT molecular complexity index is 379. The Morgan fingerprint density at radius 1 is 1.44 bits per heavy atom. The predicted molar refractivity (Wildman–Crippen MR) is 63.3 cm³/mol. The maximum Gasteiger partial charge on any atom is 0.142 e. The Labute approximate surface area is 100 Å². The molecular weight excluding hydrogens is 229 g/mol. The van der Waals surface area contributed by atoms with E-state index in [9.17, 15) is 9.18 Å². The van der Waals surface area contributed by atoms with Gasteiger partial charge in [-0.25, -0.2) is 4.39 Å². The highest BCUT2D eigenvalue weighted by atomic mass is 35.5. The fourth-order valence-electron chi connectivity index (χ4n) is 1.33. The average Bonchev–Trinajstić information content (AvgIpc) is 2.22. The lowest BCUT2D eigenvalue weighted by molar-refractivity contribution is -0.118. The molecular formula is C12H15ClFNO. The number of halogens is 2. The highest BCUT2D eigenvalue weighted by Gasteiger charge is 2.10. The van der Waals surface area contributed by atoms with E-state index in [1.165, 1.54) is 6.07 Å². The molecule has 0 atom stereocenters. The standard InChI is InChI=1S/C12H15ClFNO/c1-15(2)7-6-10(16)8-9-4-3-5-11(14)12(9)13/h3-5H,6-8H2,1-2H3. The van der Waals surface area contributed by atoms with Crippen LogP contribution in [0.4, 0.5) is 4.39 Å². The van der Waals surface area contributed by atoms with Crippen LogP contribution in [0, 0.1) is 5.82 Å². The Morgan fingerprint density at radius 3 is 2.75 bits per heavy atom. The van der Waals surface area contributed by atoms with Crippen molar-refractivity contribution >= 4 is 17.4 Å². The normalized spacial score (nSPS) is 10.8. The van der Waals surface area contributed by atoms with Gasteiger partial charge in [-0.1, -0.05) is 23.7 Å². The number of ketones is 1. The van der Waals surface area contributed by atoms with Crippen molar-refractivity contribution in [2.75, 3.05) is 20.6 Å². The molecule has 0 aromatic heterocycles. The zero-order chi connectivity index (χ0) is 12.1. The molecule has 0 N–H and O–H groups in total. The van der Waals surface area contributed by atoms with Gasteiger partial charge >= 0.3 is 0 Å². The summed E-state index contributed by atoms with van der Waals surface area (Å²) in [5, 5.41) is 0.0562. The number of rotatable bonds is 5. The van der Waals surface area contributed by atoms with Gasteiger partial charge in [-0.15, -0.1) is 0 Å². The molecule has 0 amide bonds. The quantitative estimate of drug-likeness (QED) is 0.792. The van der Waals surface area contributed by atoms with Crippen LogP contribution < -0.4 is 0 Å². The van der Waals surface area contributed by atoms with Gasteiger partial charge in [0.25, 0.3) is 0 Å². The van der Waals surface area contributed by atoms with E-state index in [-0.39, 0.29) is 17.2 Å². The third-order valence-corrected chi connectivity index (χ3v) is 2.68. The van der Waals surface area contributed by atoms with Crippen molar-refractivity contribution in [2.24, 2.45) is 0 Å². The summed E-state index contributed by atoms with van der Waals surface area (Å²) in [6.07, 6.45) is 0.657. The minimum atomic E-state index is -0.473. The van der Waals surface area contributed by atoms with Gasteiger partial charge in [-0.05, 0) is 25.7 Å². The first kappa shape index (κ1) is 13.1. The largest absolute Gasteiger partial charge is 0.309 e. The molecule has 0 saturated heterocycles. The van der Waals surface area contributed by atoms with Crippen molar-refractivity contribution in [3.8, 4) is 0 Å². The first-order chi connectivity index (χ1) is 7.50. The topological polar surface area (TPSA) is 20.3 Å². The zero-order valence-electron chi connectivity index (χ0n) is 9.46. The second kappa shape index (κ2) is 5.97. The fourth-order valence-corrected chi connectivity index (χ4v) is 1.53. The number of hydrogen-bond acceptors (Lipinski definition) is 2. The van der Waals surface area contributed by atoms with Crippen LogP contribution in [0.3, 0.4) is 0 Å². The molecule has 0 aliphatic heterocycles. The molecule has 0 bridgehead atoms. The maximum absolute atomic E-state index is 13.1. The number of nitrogens with zero attached hydrogens (tertiary/aromatic N) is 1. The Morgan fingerprint density at radius 2 is 2.12 bits per heavy atom. The van der Waals surface area contributed by atoms with E-state index in [2.05, 4.69) is 0 Å². The van der Waals surface area contributed by atoms with Crippen molar-refractivity contribution < 1.29 is 9.18 Å². The summed E-state index contributed by atoms with van der Waals surface area (Å²) < 4.78 is 13.1. The van der Waals surface area contributed by atoms with Gasteiger partial charge in [0.05, 0.1) is 5.02 Å². The van der Waals surface area contributed by atoms with Crippen molar-refractivity contribution in [2.45, 2.75) is 12.8 Å². The summed E-state index contributed by atoms with van der Waals surface area (Å²) in [6, 6.07) is 4.53. The van der Waals surface area contributed by atoms with Crippen LogP contribution in [0.2, 0.25) is 5.02 Å². The molecule has 1 rings (SSSR count). The van der Waals surface area contributed by atoms with E-state index in [4.69, 9.17) is 11.6 Å². The lowest BCUT2D eigenvalue weighted by Gasteiger charge is -2.09. The lowest BCUT2D eigenvalue weighted by Crippen LogP contribution is -2.17. The van der Waals surface area contributed by atoms with Gasteiger partial charge in [-0.2, -0.15) is 0 Å². The highest BCUT2D eigenvalue weighted by molar-refractivity contribution is 6.31. The molecule has 16 heavy (non-hydrogen) atoms. The summed E-state index contributed by atoms with van der Waals surface area (Å²) in [5.41, 5.74) is 0.561. The molecule has 0 aliphatic rings. The molecule has 0 fully saturated rings. The summed E-state index contributed by atoms with van der Waals surface area (Å²) >= 11 is 5.76. The monoisotopic (exact) mass is 243 g/mol. The van der Waals surface area contributed by atoms with E-state index in [1.54, 1.807) is 12.1 Å². The van der Waals surface area contributed by atoms with Gasteiger partial charge in [0, 0.05) is 19.4 Å². The highest BCUT2D eigenvalue weighted by Crippen LogP contribution is 2.20. The van der Waals surface area contributed by atoms with Crippen molar-refractivity contribution in [1.29, 1.82) is 0 Å². The maximum atomic E-state index is 13.1. The van der Waals surface area contributed by atoms with Crippen LogP contribution in [0.25, 0.3) is 0 Å². The first-order valence-electron chi connectivity index (χ1n) is 5.10. The molecule has 0 spiro atoms. The summed E-state index contributed by atoms with van der Waals surface area (Å²) in [4.78, 5) is 13.5. The SMILES string of the molecule is CN(C)CCC(=O)Cc1cccc(F)c1Cl. The lowest BCUT2D eigenvalue weighted by atomic mass is 10.1. The van der Waals surface area contributed by atoms with Crippen molar-refractivity contribution in [3.63, 3.8) is 0 Å². The van der Waals surface area contributed by atoms with Crippen LogP contribution in [0.5, 0.6) is 0 Å². The van der Waals surface area contributed by atoms with E-state index in [1.807, 2.05) is 19.0 Å². The number of benzene rings is 1. The van der Waals surface area contributed by atoms with Gasteiger partial charge in [0.1, 0.15) is 11.6 Å². The first-order valence-corrected chi connectivity index (χ1v) is 5.48. The number of carbonyl (C=O) groups excluding carboxylic acids is 1. The van der Waals surface area contributed by atoms with Crippen LogP contribution in [0.15, 0.2) is 18.2 Å². The molecule has 1 aromatic rings. The molecule has 2 nitrogen and oxygen atoms in total. The van der Waals surface area contributed by atoms with E-state index in [0.717, 1.165) is 0 Å². The summed E-state index contributed by atoms with van der Waals surface area (Å²) in [5.74, 6) is -0.402. The van der Waals surface area contributed by atoms with Crippen molar-refractivity contribution in [1.82, 2.24) is 4.90 Å². The zero-order valence-corrected chi connectivity index (χ0v) is 10.2. The number of carbonyl (C=O) groups is 1. The van der Waals surface area contributed by atoms with Gasteiger partial charge < -0.3 is 4.90 Å².